The minimum atomic E-state index is 0.0297. The van der Waals surface area contributed by atoms with Gasteiger partial charge in [0.25, 0.3) is 0 Å². The Balaban J connectivity index is 1.56. The summed E-state index contributed by atoms with van der Waals surface area (Å²) in [6.07, 6.45) is 6.41. The molecule has 2 atom stereocenters. The number of aliphatic hydroxyl groups is 1. The van der Waals surface area contributed by atoms with Gasteiger partial charge in [-0.15, -0.1) is 0 Å². The molecular weight excluding hydrogens is 288 g/mol. The second-order valence-corrected chi connectivity index (χ2v) is 7.26. The summed E-state index contributed by atoms with van der Waals surface area (Å²) in [6.45, 7) is 0.990. The maximum atomic E-state index is 12.5. The van der Waals surface area contributed by atoms with Crippen LogP contribution < -0.4 is 5.32 Å². The maximum Gasteiger partial charge on any atom is 0.317 e. The van der Waals surface area contributed by atoms with Gasteiger partial charge in [-0.3, -0.25) is 0 Å². The number of rotatable bonds is 6. The number of nitrogens with zero attached hydrogens (tertiary/aromatic N) is 1. The van der Waals surface area contributed by atoms with Crippen molar-refractivity contribution in [3.8, 4) is 0 Å². The molecule has 0 bridgehead atoms. The van der Waals surface area contributed by atoms with Gasteiger partial charge in [0, 0.05) is 31.7 Å². The van der Waals surface area contributed by atoms with Crippen molar-refractivity contribution in [3.05, 3.63) is 35.9 Å². The van der Waals surface area contributed by atoms with Gasteiger partial charge in [0.2, 0.25) is 0 Å². The van der Waals surface area contributed by atoms with Crippen LogP contribution in [0.25, 0.3) is 0 Å². The molecule has 2 aliphatic rings. The molecule has 0 saturated heterocycles. The number of hydrogen-bond acceptors (Lipinski definition) is 2. The molecule has 0 radical (unpaired) electrons. The smallest absolute Gasteiger partial charge is 0.317 e. The van der Waals surface area contributed by atoms with E-state index in [2.05, 4.69) is 29.6 Å². The van der Waals surface area contributed by atoms with Crippen LogP contribution in [0.15, 0.2) is 30.3 Å². The molecule has 2 aliphatic carbocycles. The van der Waals surface area contributed by atoms with Crippen LogP contribution in [-0.4, -0.2) is 42.3 Å². The fourth-order valence-corrected chi connectivity index (χ4v) is 4.01. The average molecular weight is 316 g/mol. The van der Waals surface area contributed by atoms with Gasteiger partial charge in [0.05, 0.1) is 0 Å². The number of carbonyl (C=O) groups excluding carboxylic acids is 1. The number of carbonyl (C=O) groups is 1. The van der Waals surface area contributed by atoms with E-state index in [0.717, 1.165) is 45.1 Å². The lowest BCUT2D eigenvalue weighted by molar-refractivity contribution is 0.191. The monoisotopic (exact) mass is 316 g/mol. The van der Waals surface area contributed by atoms with Crippen molar-refractivity contribution in [1.29, 1.82) is 0 Å². The van der Waals surface area contributed by atoms with Crippen LogP contribution in [0.1, 0.15) is 44.1 Å². The van der Waals surface area contributed by atoms with E-state index in [0.29, 0.717) is 5.92 Å². The Morgan fingerprint density at radius 3 is 2.70 bits per heavy atom. The number of likely N-dealkylation sites (N-methyl/N-ethyl adjacent to an activating group) is 1. The molecule has 4 nitrogen and oxygen atoms in total. The van der Waals surface area contributed by atoms with Crippen molar-refractivity contribution in [2.45, 2.75) is 50.0 Å². The molecule has 0 aliphatic heterocycles. The number of benzene rings is 1. The van der Waals surface area contributed by atoms with E-state index in [1.54, 1.807) is 0 Å². The highest BCUT2D eigenvalue weighted by molar-refractivity contribution is 5.74. The average Bonchev–Trinajstić information content (AvgIpc) is 3.22. The van der Waals surface area contributed by atoms with Crippen LogP contribution in [0.4, 0.5) is 4.79 Å². The van der Waals surface area contributed by atoms with Crippen molar-refractivity contribution in [1.82, 2.24) is 10.2 Å². The highest BCUT2D eigenvalue weighted by atomic mass is 16.3. The standard InChI is InChI=1S/C19H28N2O2/c1-21(14-19(11-12-19)16-7-3-2-4-8-16)18(23)20-17-9-5-6-15(17)10-13-22/h2-4,7-8,15,17,22H,5-6,9-14H2,1H3,(H,20,23)/t15-,17+/m1/s1. The van der Waals surface area contributed by atoms with Crippen molar-refractivity contribution in [2.75, 3.05) is 20.2 Å². The fourth-order valence-electron chi connectivity index (χ4n) is 4.01. The molecule has 23 heavy (non-hydrogen) atoms. The molecule has 2 amide bonds. The van der Waals surface area contributed by atoms with E-state index in [9.17, 15) is 4.79 Å². The van der Waals surface area contributed by atoms with Gasteiger partial charge in [0.1, 0.15) is 0 Å². The van der Waals surface area contributed by atoms with Gasteiger partial charge >= 0.3 is 6.03 Å². The van der Waals surface area contributed by atoms with Crippen molar-refractivity contribution >= 4 is 6.03 Å². The first-order valence-corrected chi connectivity index (χ1v) is 8.83. The Hall–Kier alpha value is -1.55. The summed E-state index contributed by atoms with van der Waals surface area (Å²) in [7, 11) is 1.90. The van der Waals surface area contributed by atoms with E-state index < -0.39 is 0 Å². The third kappa shape index (κ3) is 3.69. The largest absolute Gasteiger partial charge is 0.396 e. The lowest BCUT2D eigenvalue weighted by atomic mass is 9.95. The lowest BCUT2D eigenvalue weighted by Gasteiger charge is -2.28. The Morgan fingerprint density at radius 1 is 1.30 bits per heavy atom. The van der Waals surface area contributed by atoms with Crippen LogP contribution in [0.5, 0.6) is 0 Å². The minimum absolute atomic E-state index is 0.0297. The first kappa shape index (κ1) is 16.3. The summed E-state index contributed by atoms with van der Waals surface area (Å²) in [4.78, 5) is 14.4. The summed E-state index contributed by atoms with van der Waals surface area (Å²) in [5.74, 6) is 0.432. The highest BCUT2D eigenvalue weighted by Gasteiger charge is 2.45. The Kier molecular flexibility index (Phi) is 4.90. The summed E-state index contributed by atoms with van der Waals surface area (Å²) in [5, 5.41) is 12.3. The molecule has 2 saturated carbocycles. The van der Waals surface area contributed by atoms with Crippen LogP contribution >= 0.6 is 0 Å². The van der Waals surface area contributed by atoms with Crippen molar-refractivity contribution < 1.29 is 9.90 Å². The zero-order valence-corrected chi connectivity index (χ0v) is 14.0. The third-order valence-corrected chi connectivity index (χ3v) is 5.59. The molecule has 2 fully saturated rings. The predicted octanol–water partition coefficient (Wildman–Crippen LogP) is 2.91. The van der Waals surface area contributed by atoms with Gasteiger partial charge in [-0.2, -0.15) is 0 Å². The van der Waals surface area contributed by atoms with Crippen LogP contribution in [0, 0.1) is 5.92 Å². The topological polar surface area (TPSA) is 52.6 Å². The van der Waals surface area contributed by atoms with Gasteiger partial charge < -0.3 is 15.3 Å². The van der Waals surface area contributed by atoms with E-state index in [1.165, 1.54) is 5.56 Å². The predicted molar refractivity (Wildman–Crippen MR) is 91.3 cm³/mol. The van der Waals surface area contributed by atoms with Gasteiger partial charge in [-0.05, 0) is 43.6 Å². The minimum Gasteiger partial charge on any atom is -0.396 e. The number of amides is 2. The molecule has 0 aromatic heterocycles. The van der Waals surface area contributed by atoms with Crippen LogP contribution in [0.3, 0.4) is 0 Å². The normalized spacial score (nSPS) is 25.1. The number of nitrogens with one attached hydrogen (secondary N) is 1. The summed E-state index contributed by atoms with van der Waals surface area (Å²) < 4.78 is 0. The van der Waals surface area contributed by atoms with E-state index >= 15 is 0 Å². The number of urea groups is 1. The van der Waals surface area contributed by atoms with Crippen LogP contribution in [0.2, 0.25) is 0 Å². The highest BCUT2D eigenvalue weighted by Crippen LogP contribution is 2.48. The molecular formula is C19H28N2O2. The van der Waals surface area contributed by atoms with E-state index in [-0.39, 0.29) is 24.1 Å². The van der Waals surface area contributed by atoms with Crippen molar-refractivity contribution in [2.24, 2.45) is 5.92 Å². The first-order valence-electron chi connectivity index (χ1n) is 8.83. The van der Waals surface area contributed by atoms with Gasteiger partial charge in [0.15, 0.2) is 0 Å². The summed E-state index contributed by atoms with van der Waals surface area (Å²) in [6, 6.07) is 10.8. The van der Waals surface area contributed by atoms with Crippen LogP contribution in [-0.2, 0) is 5.41 Å². The Bertz CT molecular complexity index is 527. The van der Waals surface area contributed by atoms with E-state index in [4.69, 9.17) is 5.11 Å². The first-order chi connectivity index (χ1) is 11.1. The SMILES string of the molecule is CN(CC1(c2ccccc2)CC1)C(=O)N[C@H]1CCC[C@@H]1CCO. The molecule has 1 aromatic rings. The second-order valence-electron chi connectivity index (χ2n) is 7.26. The molecule has 3 rings (SSSR count). The quantitative estimate of drug-likeness (QED) is 0.848. The zero-order chi connectivity index (χ0) is 16.3. The third-order valence-electron chi connectivity index (χ3n) is 5.59. The number of aliphatic hydroxyl groups excluding tert-OH is 1. The zero-order valence-electron chi connectivity index (χ0n) is 14.0. The summed E-state index contributed by atoms with van der Waals surface area (Å²) in [5.41, 5.74) is 1.51. The molecule has 2 N–H and O–H groups in total. The lowest BCUT2D eigenvalue weighted by Crippen LogP contribution is -2.46. The van der Waals surface area contributed by atoms with Crippen molar-refractivity contribution in [3.63, 3.8) is 0 Å². The molecule has 126 valence electrons. The molecule has 0 spiro atoms. The van der Waals surface area contributed by atoms with Gasteiger partial charge in [-0.1, -0.05) is 36.8 Å². The molecule has 0 unspecified atom stereocenters. The Labute approximate surface area is 138 Å². The maximum absolute atomic E-state index is 12.5. The second kappa shape index (κ2) is 6.91. The number of hydrogen-bond donors (Lipinski definition) is 2. The molecule has 4 heteroatoms. The van der Waals surface area contributed by atoms with Gasteiger partial charge in [-0.25, -0.2) is 4.79 Å². The fraction of sp³-hybridized carbons (Fsp3) is 0.632. The molecule has 1 aromatic carbocycles. The summed E-state index contributed by atoms with van der Waals surface area (Å²) >= 11 is 0. The van der Waals surface area contributed by atoms with E-state index in [1.807, 2.05) is 18.0 Å². The molecule has 0 heterocycles. The Morgan fingerprint density at radius 2 is 2.04 bits per heavy atom.